The van der Waals surface area contributed by atoms with E-state index in [1.807, 2.05) is 18.2 Å². The molecule has 0 bridgehead atoms. The lowest BCUT2D eigenvalue weighted by molar-refractivity contribution is 0.283. The number of hydrogen-bond donors (Lipinski definition) is 1. The largest absolute Gasteiger partial charge is 0.486 e. The Labute approximate surface area is 123 Å². The van der Waals surface area contributed by atoms with Gasteiger partial charge in [-0.05, 0) is 49.7 Å². The van der Waals surface area contributed by atoms with E-state index >= 15 is 0 Å². The molecule has 5 heteroatoms. The van der Waals surface area contributed by atoms with Crippen LogP contribution in [0.1, 0.15) is 43.1 Å². The van der Waals surface area contributed by atoms with E-state index in [2.05, 4.69) is 27.8 Å². The molecule has 20 heavy (non-hydrogen) atoms. The lowest BCUT2D eigenvalue weighted by Gasteiger charge is -2.14. The molecule has 0 amide bonds. The van der Waals surface area contributed by atoms with Crippen LogP contribution in [0.3, 0.4) is 0 Å². The monoisotopic (exact) mass is 289 g/mol. The Morgan fingerprint density at radius 1 is 1.40 bits per heavy atom. The first-order valence-corrected chi connectivity index (χ1v) is 7.50. The van der Waals surface area contributed by atoms with Crippen molar-refractivity contribution in [3.8, 4) is 5.75 Å². The van der Waals surface area contributed by atoms with Crippen molar-refractivity contribution >= 4 is 12.2 Å². The minimum atomic E-state index is 0.451. The highest BCUT2D eigenvalue weighted by Gasteiger charge is 2.21. The summed E-state index contributed by atoms with van der Waals surface area (Å²) in [4.78, 5) is 0. The van der Waals surface area contributed by atoms with Crippen LogP contribution in [-0.2, 0) is 6.61 Å². The highest BCUT2D eigenvalue weighted by Crippen LogP contribution is 2.30. The normalized spacial score (nSPS) is 15.7. The van der Waals surface area contributed by atoms with Crippen LogP contribution >= 0.6 is 12.2 Å². The van der Waals surface area contributed by atoms with Crippen molar-refractivity contribution in [3.63, 3.8) is 0 Å². The lowest BCUT2D eigenvalue weighted by atomic mass is 10.2. The number of aromatic nitrogens is 3. The average Bonchev–Trinajstić information content (AvgIpc) is 3.05. The van der Waals surface area contributed by atoms with Crippen molar-refractivity contribution in [1.29, 1.82) is 0 Å². The Morgan fingerprint density at radius 2 is 2.20 bits per heavy atom. The molecule has 0 atom stereocenters. The summed E-state index contributed by atoms with van der Waals surface area (Å²) in [5.74, 6) is 1.76. The molecule has 1 aromatic carbocycles. The van der Waals surface area contributed by atoms with E-state index in [0.717, 1.165) is 11.6 Å². The maximum Gasteiger partial charge on any atom is 0.195 e. The number of aryl methyl sites for hydroxylation is 1. The quantitative estimate of drug-likeness (QED) is 0.867. The topological polar surface area (TPSA) is 42.8 Å². The molecule has 3 rings (SSSR count). The van der Waals surface area contributed by atoms with Gasteiger partial charge in [-0.2, -0.15) is 5.10 Å². The van der Waals surface area contributed by atoms with Crippen molar-refractivity contribution in [1.82, 2.24) is 14.8 Å². The van der Waals surface area contributed by atoms with Crippen LogP contribution in [0.5, 0.6) is 5.75 Å². The first kappa shape index (κ1) is 13.4. The van der Waals surface area contributed by atoms with Gasteiger partial charge >= 0.3 is 0 Å². The second-order valence-corrected chi connectivity index (χ2v) is 5.75. The highest BCUT2D eigenvalue weighted by atomic mass is 32.1. The summed E-state index contributed by atoms with van der Waals surface area (Å²) in [5, 5.41) is 7.22. The molecule has 0 radical (unpaired) electrons. The summed E-state index contributed by atoms with van der Waals surface area (Å²) < 4.78 is 8.68. The fourth-order valence-corrected chi connectivity index (χ4v) is 3.13. The van der Waals surface area contributed by atoms with Crippen LogP contribution in [0, 0.1) is 11.7 Å². The number of H-pyrrole nitrogens is 1. The van der Waals surface area contributed by atoms with E-state index < -0.39 is 0 Å². The molecule has 106 valence electrons. The van der Waals surface area contributed by atoms with Crippen LogP contribution in [0.2, 0.25) is 0 Å². The van der Waals surface area contributed by atoms with Gasteiger partial charge in [-0.1, -0.05) is 25.0 Å². The number of nitrogens with zero attached hydrogens (tertiary/aromatic N) is 2. The third kappa shape index (κ3) is 2.77. The van der Waals surface area contributed by atoms with Crippen molar-refractivity contribution < 1.29 is 4.74 Å². The summed E-state index contributed by atoms with van der Waals surface area (Å²) in [7, 11) is 0. The van der Waals surface area contributed by atoms with Crippen molar-refractivity contribution in [2.45, 2.75) is 45.3 Å². The van der Waals surface area contributed by atoms with Gasteiger partial charge in [0.05, 0.1) is 0 Å². The third-order valence-electron chi connectivity index (χ3n) is 3.82. The average molecular weight is 289 g/mol. The van der Waals surface area contributed by atoms with Gasteiger partial charge in [0.2, 0.25) is 0 Å². The Bertz CT molecular complexity index is 641. The van der Waals surface area contributed by atoms with Gasteiger partial charge in [0.25, 0.3) is 0 Å². The Morgan fingerprint density at radius 3 is 2.95 bits per heavy atom. The zero-order valence-electron chi connectivity index (χ0n) is 11.6. The first-order chi connectivity index (χ1) is 9.74. The second-order valence-electron chi connectivity index (χ2n) is 5.36. The molecule has 1 N–H and O–H groups in total. The summed E-state index contributed by atoms with van der Waals surface area (Å²) in [6.45, 7) is 2.51. The number of rotatable bonds is 4. The van der Waals surface area contributed by atoms with E-state index in [1.54, 1.807) is 0 Å². The van der Waals surface area contributed by atoms with Gasteiger partial charge < -0.3 is 4.74 Å². The highest BCUT2D eigenvalue weighted by molar-refractivity contribution is 7.71. The molecule has 0 aliphatic heterocycles. The molecule has 4 nitrogen and oxygen atoms in total. The molecule has 1 saturated carbocycles. The summed E-state index contributed by atoms with van der Waals surface area (Å²) in [5.41, 5.74) is 1.19. The third-order valence-corrected chi connectivity index (χ3v) is 4.11. The van der Waals surface area contributed by atoms with Crippen LogP contribution in [0.4, 0.5) is 0 Å². The summed E-state index contributed by atoms with van der Waals surface area (Å²) in [6, 6.07) is 8.53. The molecule has 1 aromatic heterocycles. The molecule has 0 saturated heterocycles. The number of aromatic amines is 1. The number of ether oxygens (including phenoxy) is 1. The molecule has 1 aliphatic carbocycles. The molecular weight excluding hydrogens is 270 g/mol. The van der Waals surface area contributed by atoms with Crippen LogP contribution in [0.15, 0.2) is 24.3 Å². The van der Waals surface area contributed by atoms with Gasteiger partial charge in [-0.3, -0.25) is 9.67 Å². The van der Waals surface area contributed by atoms with E-state index in [4.69, 9.17) is 17.0 Å². The van der Waals surface area contributed by atoms with E-state index in [-0.39, 0.29) is 0 Å². The van der Waals surface area contributed by atoms with Crippen LogP contribution in [-0.4, -0.2) is 14.8 Å². The van der Waals surface area contributed by atoms with Gasteiger partial charge in [-0.25, -0.2) is 0 Å². The van der Waals surface area contributed by atoms with Gasteiger partial charge in [0, 0.05) is 6.04 Å². The van der Waals surface area contributed by atoms with Crippen LogP contribution < -0.4 is 4.74 Å². The number of hydrogen-bond acceptors (Lipinski definition) is 3. The minimum absolute atomic E-state index is 0.451. The smallest absolute Gasteiger partial charge is 0.195 e. The first-order valence-electron chi connectivity index (χ1n) is 7.09. The van der Waals surface area contributed by atoms with Crippen LogP contribution in [0.25, 0.3) is 0 Å². The molecule has 1 fully saturated rings. The predicted molar refractivity (Wildman–Crippen MR) is 80.4 cm³/mol. The van der Waals surface area contributed by atoms with Gasteiger partial charge in [-0.15, -0.1) is 0 Å². The standard InChI is InChI=1S/C15H19N3OS/c1-11-5-4-8-13(9-11)19-10-14-16-17-15(20)18(14)12-6-2-3-7-12/h4-5,8-9,12H,2-3,6-7,10H2,1H3,(H,17,20). The molecular formula is C15H19N3OS. The number of nitrogens with one attached hydrogen (secondary N) is 1. The lowest BCUT2D eigenvalue weighted by Crippen LogP contribution is -2.11. The SMILES string of the molecule is Cc1cccc(OCc2n[nH]c(=S)n2C2CCCC2)c1. The van der Waals surface area contributed by atoms with Crippen molar-refractivity contribution in [3.05, 3.63) is 40.4 Å². The molecule has 0 spiro atoms. The Balaban J connectivity index is 1.76. The molecule has 1 heterocycles. The molecule has 1 aliphatic rings. The summed E-state index contributed by atoms with van der Waals surface area (Å²) >= 11 is 5.35. The van der Waals surface area contributed by atoms with E-state index in [0.29, 0.717) is 17.4 Å². The maximum atomic E-state index is 5.84. The van der Waals surface area contributed by atoms with Crippen molar-refractivity contribution in [2.75, 3.05) is 0 Å². The minimum Gasteiger partial charge on any atom is -0.486 e. The Hall–Kier alpha value is -1.62. The molecule has 2 aromatic rings. The van der Waals surface area contributed by atoms with E-state index in [1.165, 1.54) is 31.2 Å². The summed E-state index contributed by atoms with van der Waals surface area (Å²) in [6.07, 6.45) is 4.92. The predicted octanol–water partition coefficient (Wildman–Crippen LogP) is 3.94. The number of benzene rings is 1. The Kier molecular flexibility index (Phi) is 3.87. The van der Waals surface area contributed by atoms with Gasteiger partial charge in [0.1, 0.15) is 12.4 Å². The van der Waals surface area contributed by atoms with E-state index in [9.17, 15) is 0 Å². The zero-order valence-corrected chi connectivity index (χ0v) is 12.4. The van der Waals surface area contributed by atoms with Gasteiger partial charge in [0.15, 0.2) is 10.6 Å². The fraction of sp³-hybridized carbons (Fsp3) is 0.467. The fourth-order valence-electron chi connectivity index (χ4n) is 2.83. The van der Waals surface area contributed by atoms with Crippen molar-refractivity contribution in [2.24, 2.45) is 0 Å². The second kappa shape index (κ2) is 5.79. The molecule has 0 unspecified atom stereocenters. The zero-order chi connectivity index (χ0) is 13.9. The maximum absolute atomic E-state index is 5.84.